The highest BCUT2D eigenvalue weighted by Crippen LogP contribution is 2.34. The molecule has 1 aliphatic rings. The number of hydrogen-bond donors (Lipinski definition) is 1. The van der Waals surface area contributed by atoms with E-state index in [2.05, 4.69) is 17.1 Å². The molecule has 1 fully saturated rings. The van der Waals surface area contributed by atoms with Crippen LogP contribution in [0.25, 0.3) is 0 Å². The third-order valence-corrected chi connectivity index (χ3v) is 3.93. The number of piperazine rings is 1. The van der Waals surface area contributed by atoms with Crippen molar-refractivity contribution in [2.24, 2.45) is 0 Å². The summed E-state index contributed by atoms with van der Waals surface area (Å²) in [6.45, 7) is 5.78. The van der Waals surface area contributed by atoms with Gasteiger partial charge in [0.15, 0.2) is 0 Å². The Morgan fingerprint density at radius 2 is 2.15 bits per heavy atom. The minimum Gasteiger partial charge on any atom is -0.314 e. The fourth-order valence-electron chi connectivity index (χ4n) is 2.76. The van der Waals surface area contributed by atoms with Crippen molar-refractivity contribution >= 4 is 17.3 Å². The summed E-state index contributed by atoms with van der Waals surface area (Å²) in [5, 5.41) is 15.1. The minimum atomic E-state index is -0.309. The summed E-state index contributed by atoms with van der Waals surface area (Å²) in [4.78, 5) is 13.3. The molecular weight excluding hydrogens is 278 g/mol. The van der Waals surface area contributed by atoms with Crippen LogP contribution in [-0.4, -0.2) is 36.0 Å². The number of benzene rings is 1. The Kier molecular flexibility index (Phi) is 5.34. The van der Waals surface area contributed by atoms with Crippen molar-refractivity contribution in [3.63, 3.8) is 0 Å². The Morgan fingerprint density at radius 3 is 2.75 bits per heavy atom. The maximum absolute atomic E-state index is 11.3. The van der Waals surface area contributed by atoms with Crippen LogP contribution in [0.4, 0.5) is 5.69 Å². The monoisotopic (exact) mass is 297 g/mol. The molecule has 0 aliphatic carbocycles. The van der Waals surface area contributed by atoms with Crippen LogP contribution in [0.5, 0.6) is 0 Å². The van der Waals surface area contributed by atoms with Gasteiger partial charge in [0, 0.05) is 48.9 Å². The molecule has 110 valence electrons. The Balaban J connectivity index is 2.36. The van der Waals surface area contributed by atoms with Crippen molar-refractivity contribution in [3.8, 4) is 0 Å². The van der Waals surface area contributed by atoms with Crippen LogP contribution >= 0.6 is 11.6 Å². The summed E-state index contributed by atoms with van der Waals surface area (Å²) < 4.78 is 0. The van der Waals surface area contributed by atoms with Gasteiger partial charge in [0.05, 0.1) is 4.92 Å². The molecule has 1 saturated heterocycles. The van der Waals surface area contributed by atoms with Crippen LogP contribution in [0.3, 0.4) is 0 Å². The fourth-order valence-corrected chi connectivity index (χ4v) is 2.94. The molecule has 0 unspecified atom stereocenters. The zero-order chi connectivity index (χ0) is 14.5. The number of nitro groups is 1. The van der Waals surface area contributed by atoms with E-state index in [0.29, 0.717) is 5.02 Å². The highest BCUT2D eigenvalue weighted by atomic mass is 35.5. The number of halogens is 1. The third kappa shape index (κ3) is 3.48. The molecule has 2 rings (SSSR count). The minimum absolute atomic E-state index is 0.0706. The molecule has 0 spiro atoms. The Labute approximate surface area is 124 Å². The normalized spacial score (nSPS) is 17.9. The number of nitro benzene ring substituents is 1. The first-order chi connectivity index (χ1) is 9.63. The number of nitrogens with one attached hydrogen (secondary N) is 1. The average molecular weight is 298 g/mol. The number of nitrogens with zero attached hydrogens (tertiary/aromatic N) is 2. The molecular formula is C14H20ClN3O2. The van der Waals surface area contributed by atoms with Gasteiger partial charge in [-0.15, -0.1) is 0 Å². The third-order valence-electron chi connectivity index (χ3n) is 3.70. The molecule has 1 aliphatic heterocycles. The van der Waals surface area contributed by atoms with E-state index in [1.54, 1.807) is 12.1 Å². The van der Waals surface area contributed by atoms with Crippen molar-refractivity contribution in [2.75, 3.05) is 26.2 Å². The van der Waals surface area contributed by atoms with Gasteiger partial charge < -0.3 is 5.32 Å². The van der Waals surface area contributed by atoms with Crippen LogP contribution in [0.1, 0.15) is 31.4 Å². The second-order valence-electron chi connectivity index (χ2n) is 5.05. The van der Waals surface area contributed by atoms with Gasteiger partial charge in [0.2, 0.25) is 0 Å². The van der Waals surface area contributed by atoms with E-state index < -0.39 is 0 Å². The van der Waals surface area contributed by atoms with E-state index in [1.807, 2.05) is 0 Å². The fraction of sp³-hybridized carbons (Fsp3) is 0.571. The van der Waals surface area contributed by atoms with Crippen molar-refractivity contribution in [1.29, 1.82) is 0 Å². The van der Waals surface area contributed by atoms with Gasteiger partial charge in [-0.3, -0.25) is 15.0 Å². The summed E-state index contributed by atoms with van der Waals surface area (Å²) in [6, 6.07) is 4.93. The lowest BCUT2D eigenvalue weighted by Crippen LogP contribution is -2.45. The van der Waals surface area contributed by atoms with Crippen LogP contribution in [0.2, 0.25) is 5.02 Å². The summed E-state index contributed by atoms with van der Waals surface area (Å²) in [6.07, 6.45) is 1.89. The molecule has 5 nitrogen and oxygen atoms in total. The predicted molar refractivity (Wildman–Crippen MR) is 80.2 cm³/mol. The molecule has 20 heavy (non-hydrogen) atoms. The van der Waals surface area contributed by atoms with E-state index in [-0.39, 0.29) is 16.7 Å². The lowest BCUT2D eigenvalue weighted by atomic mass is 9.98. The van der Waals surface area contributed by atoms with Crippen molar-refractivity contribution < 1.29 is 4.92 Å². The van der Waals surface area contributed by atoms with Gasteiger partial charge in [-0.25, -0.2) is 0 Å². The molecule has 6 heteroatoms. The standard InChI is InChI=1S/C14H20ClN3O2/c1-2-3-13(17-8-6-16-7-9-17)12-10-11(15)4-5-14(12)18(19)20/h4-5,10,13,16H,2-3,6-9H2,1H3/t13-/m0/s1. The summed E-state index contributed by atoms with van der Waals surface area (Å²) in [5.74, 6) is 0. The SMILES string of the molecule is CCC[C@@H](c1cc(Cl)ccc1[N+](=O)[O-])N1CCNCC1. The zero-order valence-corrected chi connectivity index (χ0v) is 12.4. The highest BCUT2D eigenvalue weighted by molar-refractivity contribution is 6.30. The average Bonchev–Trinajstić information content (AvgIpc) is 2.45. The van der Waals surface area contributed by atoms with Crippen LogP contribution < -0.4 is 5.32 Å². The lowest BCUT2D eigenvalue weighted by Gasteiger charge is -2.35. The first-order valence-corrected chi connectivity index (χ1v) is 7.40. The van der Waals surface area contributed by atoms with Crippen LogP contribution in [-0.2, 0) is 0 Å². The molecule has 1 heterocycles. The summed E-state index contributed by atoms with van der Waals surface area (Å²) in [7, 11) is 0. The van der Waals surface area contributed by atoms with Gasteiger partial charge in [-0.2, -0.15) is 0 Å². The second kappa shape index (κ2) is 7.02. The molecule has 0 aromatic heterocycles. The molecule has 1 aromatic carbocycles. The highest BCUT2D eigenvalue weighted by Gasteiger charge is 2.27. The van der Waals surface area contributed by atoms with Crippen molar-refractivity contribution in [2.45, 2.75) is 25.8 Å². The van der Waals surface area contributed by atoms with Crippen LogP contribution in [0, 0.1) is 10.1 Å². The van der Waals surface area contributed by atoms with Crippen molar-refractivity contribution in [3.05, 3.63) is 38.9 Å². The summed E-state index contributed by atoms with van der Waals surface area (Å²) >= 11 is 6.05. The molecule has 0 radical (unpaired) electrons. The largest absolute Gasteiger partial charge is 0.314 e. The van der Waals surface area contributed by atoms with E-state index in [4.69, 9.17) is 11.6 Å². The van der Waals surface area contributed by atoms with E-state index in [1.165, 1.54) is 6.07 Å². The molecule has 1 N–H and O–H groups in total. The smallest absolute Gasteiger partial charge is 0.274 e. The summed E-state index contributed by atoms with van der Waals surface area (Å²) in [5.41, 5.74) is 0.914. The molecule has 1 aromatic rings. The molecule has 1 atom stereocenters. The van der Waals surface area contributed by atoms with Gasteiger partial charge in [0.1, 0.15) is 0 Å². The topological polar surface area (TPSA) is 58.4 Å². The van der Waals surface area contributed by atoms with E-state index >= 15 is 0 Å². The zero-order valence-electron chi connectivity index (χ0n) is 11.6. The van der Waals surface area contributed by atoms with Crippen LogP contribution in [0.15, 0.2) is 18.2 Å². The quantitative estimate of drug-likeness (QED) is 0.670. The Bertz CT molecular complexity index is 475. The molecule has 0 saturated carbocycles. The predicted octanol–water partition coefficient (Wildman–Crippen LogP) is 2.99. The maximum atomic E-state index is 11.3. The van der Waals surface area contributed by atoms with E-state index in [9.17, 15) is 10.1 Å². The lowest BCUT2D eigenvalue weighted by molar-refractivity contribution is -0.386. The molecule has 0 bridgehead atoms. The van der Waals surface area contributed by atoms with E-state index in [0.717, 1.165) is 44.6 Å². The Hall–Kier alpha value is -1.17. The van der Waals surface area contributed by atoms with Gasteiger partial charge >= 0.3 is 0 Å². The van der Waals surface area contributed by atoms with Gasteiger partial charge in [0.25, 0.3) is 5.69 Å². The van der Waals surface area contributed by atoms with Gasteiger partial charge in [-0.05, 0) is 18.6 Å². The number of rotatable bonds is 5. The number of hydrogen-bond acceptors (Lipinski definition) is 4. The second-order valence-corrected chi connectivity index (χ2v) is 5.49. The Morgan fingerprint density at radius 1 is 1.45 bits per heavy atom. The first kappa shape index (κ1) is 15.2. The van der Waals surface area contributed by atoms with Gasteiger partial charge in [-0.1, -0.05) is 24.9 Å². The first-order valence-electron chi connectivity index (χ1n) is 7.02. The maximum Gasteiger partial charge on any atom is 0.274 e. The molecule has 0 amide bonds. The van der Waals surface area contributed by atoms with Crippen molar-refractivity contribution in [1.82, 2.24) is 10.2 Å².